The first-order valence-corrected chi connectivity index (χ1v) is 10.1. The number of hydrogen-bond donors (Lipinski definition) is 1. The molecule has 1 unspecified atom stereocenters. The zero-order valence-electron chi connectivity index (χ0n) is 15.1. The molecule has 5 heteroatoms. The van der Waals surface area contributed by atoms with Crippen molar-refractivity contribution in [1.82, 2.24) is 10.2 Å². The molecule has 2 heterocycles. The number of thiophene rings is 1. The van der Waals surface area contributed by atoms with Crippen LogP contribution >= 0.6 is 11.3 Å². The van der Waals surface area contributed by atoms with Gasteiger partial charge < -0.3 is 15.0 Å². The molecule has 1 aliphatic carbocycles. The van der Waals surface area contributed by atoms with Gasteiger partial charge in [0, 0.05) is 24.0 Å². The Bertz CT molecular complexity index is 556. The molecular weight excluding hydrogens is 320 g/mol. The molecule has 0 radical (unpaired) electrons. The van der Waals surface area contributed by atoms with E-state index in [4.69, 9.17) is 4.74 Å². The number of nitrogens with zero attached hydrogens (tertiary/aromatic N) is 1. The average molecular weight is 351 g/mol. The maximum atomic E-state index is 12.1. The Labute approximate surface area is 149 Å². The highest BCUT2D eigenvalue weighted by molar-refractivity contribution is 7.10. The topological polar surface area (TPSA) is 41.6 Å². The van der Waals surface area contributed by atoms with Crippen LogP contribution in [0.25, 0.3) is 0 Å². The lowest BCUT2D eigenvalue weighted by molar-refractivity contribution is 0.0183. The lowest BCUT2D eigenvalue weighted by Gasteiger charge is -2.34. The zero-order valence-corrected chi connectivity index (χ0v) is 16.0. The number of fused-ring (bicyclic) bond motifs is 1. The fourth-order valence-corrected chi connectivity index (χ4v) is 4.64. The SMILES string of the molecule is CC(C)(C)OC(=O)N1CCC(CNC2CCCc3sccc32)CC1. The predicted octanol–water partition coefficient (Wildman–Crippen LogP) is 4.36. The molecule has 1 amide bonds. The molecule has 2 aliphatic rings. The van der Waals surface area contributed by atoms with Gasteiger partial charge in [0.2, 0.25) is 0 Å². The summed E-state index contributed by atoms with van der Waals surface area (Å²) in [6, 6.07) is 2.82. The highest BCUT2D eigenvalue weighted by atomic mass is 32.1. The molecule has 1 aromatic rings. The molecular formula is C19H30N2O2S. The Morgan fingerprint density at radius 2 is 2.08 bits per heavy atom. The van der Waals surface area contributed by atoms with E-state index in [9.17, 15) is 4.79 Å². The van der Waals surface area contributed by atoms with Gasteiger partial charge in [0.05, 0.1) is 0 Å². The molecule has 1 atom stereocenters. The summed E-state index contributed by atoms with van der Waals surface area (Å²) in [5.41, 5.74) is 1.12. The van der Waals surface area contributed by atoms with E-state index in [1.54, 1.807) is 4.88 Å². The summed E-state index contributed by atoms with van der Waals surface area (Å²) in [5, 5.41) is 6.01. The Balaban J connectivity index is 1.43. The minimum atomic E-state index is -0.408. The van der Waals surface area contributed by atoms with Crippen molar-refractivity contribution < 1.29 is 9.53 Å². The zero-order chi connectivity index (χ0) is 17.2. The number of aryl methyl sites for hydroxylation is 1. The van der Waals surface area contributed by atoms with Crippen LogP contribution < -0.4 is 5.32 Å². The monoisotopic (exact) mass is 350 g/mol. The van der Waals surface area contributed by atoms with E-state index in [0.717, 1.165) is 32.5 Å². The maximum Gasteiger partial charge on any atom is 0.410 e. The van der Waals surface area contributed by atoms with Gasteiger partial charge in [-0.15, -0.1) is 11.3 Å². The van der Waals surface area contributed by atoms with Gasteiger partial charge in [-0.1, -0.05) is 0 Å². The molecule has 0 bridgehead atoms. The van der Waals surface area contributed by atoms with Gasteiger partial charge in [0.25, 0.3) is 0 Å². The smallest absolute Gasteiger partial charge is 0.410 e. The first-order chi connectivity index (χ1) is 11.4. The summed E-state index contributed by atoms with van der Waals surface area (Å²) in [5.74, 6) is 0.660. The average Bonchev–Trinajstić information content (AvgIpc) is 3.01. The third kappa shape index (κ3) is 4.51. The number of carbonyl (C=O) groups is 1. The van der Waals surface area contributed by atoms with Crippen LogP contribution in [0.3, 0.4) is 0 Å². The van der Waals surface area contributed by atoms with Gasteiger partial charge in [-0.3, -0.25) is 0 Å². The first-order valence-electron chi connectivity index (χ1n) is 9.20. The van der Waals surface area contributed by atoms with Crippen molar-refractivity contribution in [2.45, 2.75) is 64.5 Å². The molecule has 24 heavy (non-hydrogen) atoms. The number of piperidine rings is 1. The van der Waals surface area contributed by atoms with Crippen LogP contribution in [0.2, 0.25) is 0 Å². The number of hydrogen-bond acceptors (Lipinski definition) is 4. The second-order valence-corrected chi connectivity index (χ2v) is 9.06. The maximum absolute atomic E-state index is 12.1. The van der Waals surface area contributed by atoms with E-state index in [2.05, 4.69) is 16.8 Å². The molecule has 134 valence electrons. The summed E-state index contributed by atoms with van der Waals surface area (Å²) in [4.78, 5) is 15.6. The first kappa shape index (κ1) is 17.7. The number of likely N-dealkylation sites (tertiary alicyclic amines) is 1. The standard InChI is InChI=1S/C19H30N2O2S/c1-19(2,3)23-18(22)21-10-7-14(8-11-21)13-20-16-5-4-6-17-15(16)9-12-24-17/h9,12,14,16,20H,4-8,10-11,13H2,1-3H3. The lowest BCUT2D eigenvalue weighted by atomic mass is 9.92. The van der Waals surface area contributed by atoms with Crippen molar-refractivity contribution in [2.75, 3.05) is 19.6 Å². The van der Waals surface area contributed by atoms with Crippen LogP contribution in [0.1, 0.15) is 62.9 Å². The van der Waals surface area contributed by atoms with E-state index in [-0.39, 0.29) is 6.09 Å². The van der Waals surface area contributed by atoms with Crippen molar-refractivity contribution >= 4 is 17.4 Å². The molecule has 1 saturated heterocycles. The summed E-state index contributed by atoms with van der Waals surface area (Å²) in [6.45, 7) is 8.45. The summed E-state index contributed by atoms with van der Waals surface area (Å²) < 4.78 is 5.47. The molecule has 0 aromatic carbocycles. The second-order valence-electron chi connectivity index (χ2n) is 8.06. The molecule has 0 saturated carbocycles. The van der Waals surface area contributed by atoms with Crippen LogP contribution in [0, 0.1) is 5.92 Å². The number of rotatable bonds is 3. The van der Waals surface area contributed by atoms with Crippen molar-refractivity contribution in [3.8, 4) is 0 Å². The minimum absolute atomic E-state index is 0.163. The predicted molar refractivity (Wildman–Crippen MR) is 98.5 cm³/mol. The van der Waals surface area contributed by atoms with Crippen LogP contribution in [0.15, 0.2) is 11.4 Å². The van der Waals surface area contributed by atoms with E-state index < -0.39 is 5.60 Å². The van der Waals surface area contributed by atoms with Gasteiger partial charge >= 0.3 is 6.09 Å². The van der Waals surface area contributed by atoms with E-state index in [0.29, 0.717) is 12.0 Å². The molecule has 0 spiro atoms. The Kier molecular flexibility index (Phi) is 5.50. The Hall–Kier alpha value is -1.07. The molecule has 1 aromatic heterocycles. The summed E-state index contributed by atoms with van der Waals surface area (Å²) in [7, 11) is 0. The van der Waals surface area contributed by atoms with Crippen molar-refractivity contribution in [3.63, 3.8) is 0 Å². The van der Waals surface area contributed by atoms with Gasteiger partial charge in [-0.2, -0.15) is 0 Å². The van der Waals surface area contributed by atoms with Crippen LogP contribution in [-0.2, 0) is 11.2 Å². The quantitative estimate of drug-likeness (QED) is 0.880. The number of nitrogens with one attached hydrogen (secondary N) is 1. The van der Waals surface area contributed by atoms with Gasteiger partial charge in [0.1, 0.15) is 5.60 Å². The van der Waals surface area contributed by atoms with Gasteiger partial charge in [0.15, 0.2) is 0 Å². The molecule has 4 nitrogen and oxygen atoms in total. The van der Waals surface area contributed by atoms with Crippen LogP contribution in [0.4, 0.5) is 4.79 Å². The fraction of sp³-hybridized carbons (Fsp3) is 0.737. The third-order valence-electron chi connectivity index (χ3n) is 4.97. The van der Waals surface area contributed by atoms with E-state index >= 15 is 0 Å². The highest BCUT2D eigenvalue weighted by Gasteiger charge is 2.28. The normalized spacial score (nSPS) is 22.3. The lowest BCUT2D eigenvalue weighted by Crippen LogP contribution is -2.43. The second kappa shape index (κ2) is 7.44. The van der Waals surface area contributed by atoms with Crippen molar-refractivity contribution in [1.29, 1.82) is 0 Å². The van der Waals surface area contributed by atoms with Crippen molar-refractivity contribution in [3.05, 3.63) is 21.9 Å². The highest BCUT2D eigenvalue weighted by Crippen LogP contribution is 2.33. The number of amides is 1. The minimum Gasteiger partial charge on any atom is -0.444 e. The fourth-order valence-electron chi connectivity index (χ4n) is 3.65. The molecule has 1 N–H and O–H groups in total. The molecule has 3 rings (SSSR count). The van der Waals surface area contributed by atoms with E-state index in [1.165, 1.54) is 24.8 Å². The van der Waals surface area contributed by atoms with Crippen LogP contribution in [0.5, 0.6) is 0 Å². The van der Waals surface area contributed by atoms with Crippen molar-refractivity contribution in [2.24, 2.45) is 5.92 Å². The Morgan fingerprint density at radius 1 is 1.33 bits per heavy atom. The Morgan fingerprint density at radius 3 is 2.79 bits per heavy atom. The third-order valence-corrected chi connectivity index (χ3v) is 5.97. The van der Waals surface area contributed by atoms with E-state index in [1.807, 2.05) is 37.0 Å². The molecule has 1 aliphatic heterocycles. The van der Waals surface area contributed by atoms with Crippen LogP contribution in [-0.4, -0.2) is 36.2 Å². The molecule has 1 fully saturated rings. The van der Waals surface area contributed by atoms with Gasteiger partial charge in [-0.05, 0) is 82.3 Å². The summed E-state index contributed by atoms with van der Waals surface area (Å²) >= 11 is 1.90. The summed E-state index contributed by atoms with van der Waals surface area (Å²) in [6.07, 6.45) is 5.76. The largest absolute Gasteiger partial charge is 0.444 e. The number of carbonyl (C=O) groups excluding carboxylic acids is 1. The number of ether oxygens (including phenoxy) is 1. The van der Waals surface area contributed by atoms with Gasteiger partial charge in [-0.25, -0.2) is 4.79 Å².